The van der Waals surface area contributed by atoms with Crippen LogP contribution in [0.4, 0.5) is 0 Å². The van der Waals surface area contributed by atoms with Gasteiger partial charge < -0.3 is 14.6 Å². The smallest absolute Gasteiger partial charge is 0.170 e. The lowest BCUT2D eigenvalue weighted by molar-refractivity contribution is -0.124. The van der Waals surface area contributed by atoms with Gasteiger partial charge in [0.25, 0.3) is 0 Å². The molecule has 3 unspecified atom stereocenters. The van der Waals surface area contributed by atoms with Crippen LogP contribution in [-0.4, -0.2) is 54.2 Å². The molecule has 1 aliphatic carbocycles. The molecule has 4 atom stereocenters. The van der Waals surface area contributed by atoms with E-state index in [0.29, 0.717) is 52.4 Å². The van der Waals surface area contributed by atoms with Gasteiger partial charge in [0.05, 0.1) is 0 Å². The second-order valence-corrected chi connectivity index (χ2v) is 9.72. The number of aliphatic hydroxyl groups is 1. The van der Waals surface area contributed by atoms with Crippen LogP contribution in [0.2, 0.25) is 10.0 Å². The van der Waals surface area contributed by atoms with Crippen molar-refractivity contribution in [1.82, 2.24) is 4.90 Å². The highest BCUT2D eigenvalue weighted by Crippen LogP contribution is 2.41. The van der Waals surface area contributed by atoms with Gasteiger partial charge in [0.15, 0.2) is 5.78 Å². The van der Waals surface area contributed by atoms with E-state index in [4.69, 9.17) is 32.7 Å². The van der Waals surface area contributed by atoms with Crippen LogP contribution in [-0.2, 0) is 4.79 Å². The number of nitrogens with zero attached hydrogens (tertiary/aromatic N) is 1. The number of hydrogen-bond acceptors (Lipinski definition) is 5. The van der Waals surface area contributed by atoms with Gasteiger partial charge >= 0.3 is 0 Å². The van der Waals surface area contributed by atoms with Crippen molar-refractivity contribution < 1.29 is 19.4 Å². The number of piperidine rings is 2. The van der Waals surface area contributed by atoms with E-state index in [1.54, 1.807) is 48.5 Å². The van der Waals surface area contributed by atoms with Crippen molar-refractivity contribution in [3.63, 3.8) is 0 Å². The monoisotopic (exact) mass is 477 g/mol. The molecule has 1 saturated carbocycles. The predicted octanol–water partition coefficient (Wildman–Crippen LogP) is 4.87. The maximum atomic E-state index is 12.5. The summed E-state index contributed by atoms with van der Waals surface area (Å²) in [5.74, 6) is 2.39. The predicted molar refractivity (Wildman–Crippen MR) is 126 cm³/mol. The van der Waals surface area contributed by atoms with Gasteiger partial charge in [-0.25, -0.2) is 0 Å². The first kappa shape index (κ1) is 23.4. The number of carbonyl (C=O) groups is 1. The van der Waals surface area contributed by atoms with Crippen molar-refractivity contribution in [3.05, 3.63) is 58.6 Å². The maximum Gasteiger partial charge on any atom is 0.170 e. The Hall–Kier alpha value is -1.79. The summed E-state index contributed by atoms with van der Waals surface area (Å²) in [5, 5.41) is 11.8. The van der Waals surface area contributed by atoms with Crippen molar-refractivity contribution in [1.29, 1.82) is 0 Å². The lowest BCUT2D eigenvalue weighted by atomic mass is 9.70. The number of ketones is 1. The van der Waals surface area contributed by atoms with Crippen LogP contribution in [0.1, 0.15) is 25.7 Å². The van der Waals surface area contributed by atoms with Crippen LogP contribution >= 0.6 is 23.2 Å². The Kier molecular flexibility index (Phi) is 7.95. The Bertz CT molecular complexity index is 890. The average Bonchev–Trinajstić information content (AvgIpc) is 2.79. The zero-order valence-corrected chi connectivity index (χ0v) is 19.5. The molecule has 0 radical (unpaired) electrons. The lowest BCUT2D eigenvalue weighted by Gasteiger charge is -2.50. The first-order valence-electron chi connectivity index (χ1n) is 11.2. The Morgan fingerprint density at radius 3 is 2.22 bits per heavy atom. The molecule has 5 nitrogen and oxygen atoms in total. The Morgan fingerprint density at radius 2 is 1.62 bits per heavy atom. The van der Waals surface area contributed by atoms with Crippen LogP contribution < -0.4 is 9.47 Å². The van der Waals surface area contributed by atoms with Gasteiger partial charge in [-0.1, -0.05) is 23.2 Å². The zero-order valence-electron chi connectivity index (χ0n) is 18.0. The van der Waals surface area contributed by atoms with Crippen molar-refractivity contribution in [2.75, 3.05) is 26.3 Å². The van der Waals surface area contributed by atoms with Crippen LogP contribution in [0.3, 0.4) is 0 Å². The van der Waals surface area contributed by atoms with Gasteiger partial charge in [0, 0.05) is 35.6 Å². The molecule has 2 aromatic rings. The summed E-state index contributed by atoms with van der Waals surface area (Å²) >= 11 is 11.8. The summed E-state index contributed by atoms with van der Waals surface area (Å²) in [6, 6.07) is 14.6. The fraction of sp³-hybridized carbons (Fsp3) is 0.480. The number of halogens is 2. The van der Waals surface area contributed by atoms with Crippen LogP contribution in [0.25, 0.3) is 0 Å². The second kappa shape index (κ2) is 10.9. The number of carbonyl (C=O) groups excluding carboxylic acids is 1. The number of ether oxygens (including phenoxy) is 2. The van der Waals surface area contributed by atoms with Crippen LogP contribution in [0, 0.1) is 11.8 Å². The first-order chi connectivity index (χ1) is 15.5. The SMILES string of the molecule is O=C(COc1ccc(Cl)cc1)CC1CC2CCC1CN2C[C@H](O)COc1ccc(Cl)cc1. The summed E-state index contributed by atoms with van der Waals surface area (Å²) in [5.41, 5.74) is 0. The summed E-state index contributed by atoms with van der Waals surface area (Å²) in [4.78, 5) is 14.9. The third-order valence-electron chi connectivity index (χ3n) is 6.50. The zero-order chi connectivity index (χ0) is 22.5. The molecule has 1 N–H and O–H groups in total. The number of Topliss-reactive ketones (excluding diaryl/α,β-unsaturated/α-hetero) is 1. The van der Waals surface area contributed by atoms with E-state index in [1.165, 1.54) is 0 Å². The Balaban J connectivity index is 1.20. The van der Waals surface area contributed by atoms with Gasteiger partial charge in [0.2, 0.25) is 0 Å². The molecule has 2 bridgehead atoms. The van der Waals surface area contributed by atoms with Gasteiger partial charge in [-0.05, 0) is 79.6 Å². The molecule has 3 aliphatic rings. The third kappa shape index (κ3) is 6.38. The molecule has 0 spiro atoms. The third-order valence-corrected chi connectivity index (χ3v) is 7.01. The largest absolute Gasteiger partial charge is 0.491 e. The van der Waals surface area contributed by atoms with Gasteiger partial charge in [0.1, 0.15) is 30.8 Å². The van der Waals surface area contributed by atoms with E-state index >= 15 is 0 Å². The normalized spacial score (nSPS) is 23.7. The van der Waals surface area contributed by atoms with Gasteiger partial charge in [-0.3, -0.25) is 9.69 Å². The topological polar surface area (TPSA) is 59.0 Å². The maximum absolute atomic E-state index is 12.5. The minimum Gasteiger partial charge on any atom is -0.491 e. The van der Waals surface area contributed by atoms with E-state index in [1.807, 2.05) is 0 Å². The number of fused-ring (bicyclic) bond motifs is 3. The fourth-order valence-corrected chi connectivity index (χ4v) is 5.14. The standard InChI is InChI=1S/C25H29Cl2NO4/c26-19-2-7-24(8-3-19)31-15-22(29)12-18-11-21-6-1-17(18)13-28(21)14-23(30)16-32-25-9-4-20(27)5-10-25/h2-5,7-10,17-18,21,23,30H,1,6,11-16H2/t17?,18?,21?,23-/m0/s1. The highest BCUT2D eigenvalue weighted by Gasteiger charge is 2.41. The first-order valence-corrected chi connectivity index (χ1v) is 11.9. The van der Waals surface area contributed by atoms with E-state index in [2.05, 4.69) is 4.90 Å². The molecule has 2 saturated heterocycles. The molecule has 2 heterocycles. The molecule has 0 aromatic heterocycles. The molecule has 32 heavy (non-hydrogen) atoms. The molecule has 3 fully saturated rings. The van der Waals surface area contributed by atoms with Crippen LogP contribution in [0.5, 0.6) is 11.5 Å². The van der Waals surface area contributed by atoms with Gasteiger partial charge in [-0.2, -0.15) is 0 Å². The van der Waals surface area contributed by atoms with E-state index < -0.39 is 6.10 Å². The molecular formula is C25H29Cl2NO4. The minimum absolute atomic E-state index is 0.0972. The van der Waals surface area contributed by atoms with E-state index in [0.717, 1.165) is 25.8 Å². The average molecular weight is 478 g/mol. The molecule has 2 aliphatic heterocycles. The van der Waals surface area contributed by atoms with Crippen molar-refractivity contribution in [3.8, 4) is 11.5 Å². The molecule has 5 rings (SSSR count). The van der Waals surface area contributed by atoms with Crippen molar-refractivity contribution >= 4 is 29.0 Å². The summed E-state index contributed by atoms with van der Waals surface area (Å²) < 4.78 is 11.3. The highest BCUT2D eigenvalue weighted by atomic mass is 35.5. The number of rotatable bonds is 10. The van der Waals surface area contributed by atoms with Crippen LogP contribution in [0.15, 0.2) is 48.5 Å². The van der Waals surface area contributed by atoms with E-state index in [9.17, 15) is 9.90 Å². The summed E-state index contributed by atoms with van der Waals surface area (Å²) in [6.07, 6.45) is 3.28. The molecule has 7 heteroatoms. The van der Waals surface area contributed by atoms with Crippen molar-refractivity contribution in [2.24, 2.45) is 11.8 Å². The van der Waals surface area contributed by atoms with Gasteiger partial charge in [-0.15, -0.1) is 0 Å². The summed E-state index contributed by atoms with van der Waals surface area (Å²) in [7, 11) is 0. The number of aliphatic hydroxyl groups excluding tert-OH is 1. The quantitative estimate of drug-likeness (QED) is 0.528. The molecule has 0 amide bonds. The number of benzene rings is 2. The Morgan fingerprint density at radius 1 is 1.00 bits per heavy atom. The minimum atomic E-state index is -0.558. The summed E-state index contributed by atoms with van der Waals surface area (Å²) in [6.45, 7) is 1.87. The van der Waals surface area contributed by atoms with Crippen molar-refractivity contribution in [2.45, 2.75) is 37.8 Å². The highest BCUT2D eigenvalue weighted by molar-refractivity contribution is 6.30. The molecule has 172 valence electrons. The second-order valence-electron chi connectivity index (χ2n) is 8.85. The Labute approximate surface area is 199 Å². The number of hydrogen-bond donors (Lipinski definition) is 1. The lowest BCUT2D eigenvalue weighted by Crippen LogP contribution is -2.54. The molecule has 2 aromatic carbocycles. The molecular weight excluding hydrogens is 449 g/mol. The van der Waals surface area contributed by atoms with E-state index in [-0.39, 0.29) is 19.0 Å². The fourth-order valence-electron chi connectivity index (χ4n) is 4.89.